The molecule has 0 atom stereocenters. The first-order valence-corrected chi connectivity index (χ1v) is 6.72. The number of anilines is 1. The van der Waals surface area contributed by atoms with E-state index in [-0.39, 0.29) is 11.4 Å². The molecule has 1 aromatic carbocycles. The Labute approximate surface area is 119 Å². The van der Waals surface area contributed by atoms with E-state index in [0.717, 1.165) is 10.4 Å². The van der Waals surface area contributed by atoms with E-state index in [1.54, 1.807) is 19.1 Å². The van der Waals surface area contributed by atoms with Gasteiger partial charge in [-0.15, -0.1) is 11.3 Å². The van der Waals surface area contributed by atoms with Gasteiger partial charge in [0.1, 0.15) is 5.69 Å². The maximum absolute atomic E-state index is 11.8. The summed E-state index contributed by atoms with van der Waals surface area (Å²) in [5.74, 6) is -0.398. The van der Waals surface area contributed by atoms with Crippen molar-refractivity contribution in [1.29, 1.82) is 0 Å². The molecule has 1 amide bonds. The van der Waals surface area contributed by atoms with Crippen LogP contribution in [0.15, 0.2) is 41.8 Å². The summed E-state index contributed by atoms with van der Waals surface area (Å²) in [5.41, 5.74) is 0.855. The van der Waals surface area contributed by atoms with Crippen molar-refractivity contribution < 1.29 is 9.72 Å². The van der Waals surface area contributed by atoms with E-state index in [1.165, 1.54) is 29.5 Å². The maximum Gasteiger partial charge on any atom is 0.293 e. The van der Waals surface area contributed by atoms with Gasteiger partial charge in [0, 0.05) is 17.0 Å². The molecule has 6 heteroatoms. The first-order chi connectivity index (χ1) is 9.56. The van der Waals surface area contributed by atoms with Crippen molar-refractivity contribution in [3.05, 3.63) is 62.3 Å². The van der Waals surface area contributed by atoms with Crippen LogP contribution in [-0.4, -0.2) is 10.8 Å². The second kappa shape index (κ2) is 6.12. The zero-order chi connectivity index (χ0) is 14.5. The minimum Gasteiger partial charge on any atom is -0.317 e. The lowest BCUT2D eigenvalue weighted by atomic mass is 10.2. The van der Waals surface area contributed by atoms with Gasteiger partial charge >= 0.3 is 0 Å². The Morgan fingerprint density at radius 1 is 1.40 bits per heavy atom. The van der Waals surface area contributed by atoms with Gasteiger partial charge in [0.15, 0.2) is 0 Å². The number of nitrogens with one attached hydrogen (secondary N) is 1. The zero-order valence-electron chi connectivity index (χ0n) is 10.7. The molecule has 0 fully saturated rings. The Bertz CT molecular complexity index is 663. The van der Waals surface area contributed by atoms with Crippen LogP contribution in [0.3, 0.4) is 0 Å². The number of benzene rings is 1. The minimum absolute atomic E-state index is 0.108. The van der Waals surface area contributed by atoms with E-state index >= 15 is 0 Å². The number of carbonyl (C=O) groups excluding carboxylic acids is 1. The molecule has 102 valence electrons. The molecule has 20 heavy (non-hydrogen) atoms. The number of nitrogens with zero attached hydrogens (tertiary/aromatic N) is 1. The van der Waals surface area contributed by atoms with E-state index in [9.17, 15) is 14.9 Å². The number of carbonyl (C=O) groups is 1. The summed E-state index contributed by atoms with van der Waals surface area (Å²) in [7, 11) is 0. The summed E-state index contributed by atoms with van der Waals surface area (Å²) in [6, 6.07) is 8.43. The molecule has 0 aliphatic heterocycles. The van der Waals surface area contributed by atoms with Crippen LogP contribution in [0.2, 0.25) is 0 Å². The number of aryl methyl sites for hydroxylation is 1. The van der Waals surface area contributed by atoms with Crippen molar-refractivity contribution in [2.75, 3.05) is 5.32 Å². The van der Waals surface area contributed by atoms with Crippen molar-refractivity contribution in [2.24, 2.45) is 0 Å². The molecule has 0 spiro atoms. The summed E-state index contributed by atoms with van der Waals surface area (Å²) < 4.78 is 0. The summed E-state index contributed by atoms with van der Waals surface area (Å²) >= 11 is 1.51. The van der Waals surface area contributed by atoms with Crippen LogP contribution in [0.4, 0.5) is 11.4 Å². The molecule has 2 aromatic rings. The van der Waals surface area contributed by atoms with Crippen molar-refractivity contribution in [3.8, 4) is 0 Å². The second-order valence-corrected chi connectivity index (χ2v) is 5.09. The normalized spacial score (nSPS) is 10.7. The van der Waals surface area contributed by atoms with Gasteiger partial charge in [-0.25, -0.2) is 0 Å². The lowest BCUT2D eigenvalue weighted by molar-refractivity contribution is -0.384. The van der Waals surface area contributed by atoms with Crippen molar-refractivity contribution in [3.63, 3.8) is 0 Å². The van der Waals surface area contributed by atoms with Gasteiger partial charge in [-0.2, -0.15) is 0 Å². The molecule has 0 aliphatic carbocycles. The highest BCUT2D eigenvalue weighted by atomic mass is 32.1. The second-order valence-electron chi connectivity index (χ2n) is 4.12. The van der Waals surface area contributed by atoms with E-state index < -0.39 is 10.8 Å². The maximum atomic E-state index is 11.8. The van der Waals surface area contributed by atoms with Crippen LogP contribution in [0, 0.1) is 17.0 Å². The van der Waals surface area contributed by atoms with Crippen LogP contribution in [-0.2, 0) is 4.79 Å². The predicted molar refractivity (Wildman–Crippen MR) is 79.8 cm³/mol. The van der Waals surface area contributed by atoms with Crippen LogP contribution in [0.5, 0.6) is 0 Å². The van der Waals surface area contributed by atoms with Gasteiger partial charge in [-0.1, -0.05) is 12.1 Å². The summed E-state index contributed by atoms with van der Waals surface area (Å²) in [4.78, 5) is 23.1. The van der Waals surface area contributed by atoms with E-state index in [1.807, 2.05) is 17.5 Å². The molecule has 0 unspecified atom stereocenters. The number of rotatable bonds is 4. The minimum atomic E-state index is -0.508. The number of amides is 1. The number of nitro groups is 1. The lowest BCUT2D eigenvalue weighted by Gasteiger charge is -2.04. The Morgan fingerprint density at radius 2 is 2.20 bits per heavy atom. The van der Waals surface area contributed by atoms with Crippen LogP contribution >= 0.6 is 11.3 Å². The fourth-order valence-corrected chi connectivity index (χ4v) is 2.23. The van der Waals surface area contributed by atoms with Gasteiger partial charge < -0.3 is 5.32 Å². The van der Waals surface area contributed by atoms with Gasteiger partial charge in [-0.3, -0.25) is 14.9 Å². The number of hydrogen-bond donors (Lipinski definition) is 1. The number of hydrogen-bond acceptors (Lipinski definition) is 4. The molecule has 1 aromatic heterocycles. The van der Waals surface area contributed by atoms with Crippen molar-refractivity contribution in [2.45, 2.75) is 6.92 Å². The SMILES string of the molecule is Cc1ccc(NC(=O)/C=C/c2cccs2)c([N+](=O)[O-])c1. The third-order valence-corrected chi connectivity index (χ3v) is 3.39. The molecule has 0 aliphatic rings. The first kappa shape index (κ1) is 14.0. The quantitative estimate of drug-likeness (QED) is 0.530. The fraction of sp³-hybridized carbons (Fsp3) is 0.0714. The van der Waals surface area contributed by atoms with Crippen LogP contribution < -0.4 is 5.32 Å². The molecule has 0 saturated carbocycles. The summed E-state index contributed by atoms with van der Waals surface area (Å²) in [6.45, 7) is 1.76. The largest absolute Gasteiger partial charge is 0.317 e. The lowest BCUT2D eigenvalue weighted by Crippen LogP contribution is -2.09. The molecular weight excluding hydrogens is 276 g/mol. The summed E-state index contributed by atoms with van der Waals surface area (Å²) in [6.07, 6.45) is 3.02. The van der Waals surface area contributed by atoms with Crippen molar-refractivity contribution in [1.82, 2.24) is 0 Å². The zero-order valence-corrected chi connectivity index (χ0v) is 11.5. The standard InChI is InChI=1S/C14H12N2O3S/c1-10-4-6-12(13(9-10)16(18)19)15-14(17)7-5-11-3-2-8-20-11/h2-9H,1H3,(H,15,17)/b7-5+. The predicted octanol–water partition coefficient (Wildman–Crippen LogP) is 3.62. The first-order valence-electron chi connectivity index (χ1n) is 5.84. The van der Waals surface area contributed by atoms with Crippen LogP contribution in [0.1, 0.15) is 10.4 Å². The molecule has 2 rings (SSSR count). The Balaban J connectivity index is 2.13. The highest BCUT2D eigenvalue weighted by molar-refractivity contribution is 7.10. The molecule has 5 nitrogen and oxygen atoms in total. The van der Waals surface area contributed by atoms with E-state index in [2.05, 4.69) is 5.32 Å². The number of thiophene rings is 1. The average Bonchev–Trinajstić information content (AvgIpc) is 2.91. The third kappa shape index (κ3) is 3.52. The van der Waals surface area contributed by atoms with Gasteiger partial charge in [-0.05, 0) is 36.1 Å². The third-order valence-electron chi connectivity index (χ3n) is 2.55. The smallest absolute Gasteiger partial charge is 0.293 e. The topological polar surface area (TPSA) is 72.2 Å². The monoisotopic (exact) mass is 288 g/mol. The molecule has 0 radical (unpaired) electrons. The Kier molecular flexibility index (Phi) is 4.27. The summed E-state index contributed by atoms with van der Waals surface area (Å²) in [5, 5.41) is 15.4. The molecule has 1 N–H and O–H groups in total. The highest BCUT2D eigenvalue weighted by Crippen LogP contribution is 2.25. The number of nitro benzene ring substituents is 1. The Hall–Kier alpha value is -2.47. The van der Waals surface area contributed by atoms with Crippen molar-refractivity contribution >= 4 is 34.7 Å². The molecule has 0 bridgehead atoms. The van der Waals surface area contributed by atoms with Gasteiger partial charge in [0.05, 0.1) is 4.92 Å². The molecule has 0 saturated heterocycles. The van der Waals surface area contributed by atoms with E-state index in [4.69, 9.17) is 0 Å². The highest BCUT2D eigenvalue weighted by Gasteiger charge is 2.14. The Morgan fingerprint density at radius 3 is 2.85 bits per heavy atom. The molecule has 1 heterocycles. The fourth-order valence-electron chi connectivity index (χ4n) is 1.62. The van der Waals surface area contributed by atoms with E-state index in [0.29, 0.717) is 0 Å². The molecular formula is C14H12N2O3S. The van der Waals surface area contributed by atoms with Gasteiger partial charge in [0.25, 0.3) is 5.69 Å². The van der Waals surface area contributed by atoms with Crippen LogP contribution in [0.25, 0.3) is 6.08 Å². The average molecular weight is 288 g/mol. The van der Waals surface area contributed by atoms with Gasteiger partial charge in [0.2, 0.25) is 5.91 Å².